The van der Waals surface area contributed by atoms with E-state index in [0.29, 0.717) is 24.0 Å². The predicted octanol–water partition coefficient (Wildman–Crippen LogP) is 0.926. The molecule has 1 aliphatic rings. The first-order valence-corrected chi connectivity index (χ1v) is 10.3. The summed E-state index contributed by atoms with van der Waals surface area (Å²) in [5.41, 5.74) is 0.818. The molecule has 0 bridgehead atoms. The van der Waals surface area contributed by atoms with Crippen LogP contribution in [0.25, 0.3) is 5.69 Å². The summed E-state index contributed by atoms with van der Waals surface area (Å²) < 4.78 is 6.80. The molecule has 4 rings (SSSR count). The molecule has 3 aromatic rings. The summed E-state index contributed by atoms with van der Waals surface area (Å²) in [6, 6.07) is 13.5. The Morgan fingerprint density at radius 3 is 2.62 bits per heavy atom. The second-order valence-electron chi connectivity index (χ2n) is 6.48. The smallest absolute Gasteiger partial charge is 0.274 e. The number of aromatic amines is 1. The Balaban J connectivity index is 1.32. The van der Waals surface area contributed by atoms with E-state index in [0.717, 1.165) is 30.3 Å². The number of carbonyl (C=O) groups excluding carboxylic acids is 1. The zero-order valence-electron chi connectivity index (χ0n) is 16.1. The van der Waals surface area contributed by atoms with Crippen molar-refractivity contribution in [1.82, 2.24) is 25.1 Å². The first-order valence-electron chi connectivity index (χ1n) is 9.29. The number of nitrogens with zero attached hydrogens (tertiary/aromatic N) is 6. The minimum absolute atomic E-state index is 0.0935. The second-order valence-corrected chi connectivity index (χ2v) is 7.42. The molecule has 0 radical (unpaired) electrons. The molecule has 1 aromatic carbocycles. The molecule has 2 aromatic heterocycles. The van der Waals surface area contributed by atoms with Gasteiger partial charge in [-0.3, -0.25) is 9.69 Å². The van der Waals surface area contributed by atoms with Gasteiger partial charge in [0, 0.05) is 6.07 Å². The number of benzene rings is 1. The highest BCUT2D eigenvalue weighted by Gasteiger charge is 2.26. The van der Waals surface area contributed by atoms with Gasteiger partial charge in [-0.25, -0.2) is 4.98 Å². The minimum atomic E-state index is 0.0935. The van der Waals surface area contributed by atoms with E-state index in [-0.39, 0.29) is 5.91 Å². The lowest BCUT2D eigenvalue weighted by atomic mass is 10.3. The lowest BCUT2D eigenvalue weighted by molar-refractivity contribution is -0.364. The van der Waals surface area contributed by atoms with Crippen molar-refractivity contribution >= 4 is 23.5 Å². The fraction of sp³-hybridized carbons (Fsp3) is 0.316. The summed E-state index contributed by atoms with van der Waals surface area (Å²) in [4.78, 5) is 20.0. The number of carbonyl (C=O) groups is 1. The fourth-order valence-corrected chi connectivity index (χ4v) is 3.94. The summed E-state index contributed by atoms with van der Waals surface area (Å²) in [6.07, 6.45) is 1.91. The standard InChI is InChI=1S/C19H21N7O2S/c1-28-16-7-5-15(6-8-16)26-19(21-22-23-26)29-14-18(27)25-12-10-24(11-13-25)17-4-2-3-9-20-17/h2-9H,10-14H2,1H3/p+1. The van der Waals surface area contributed by atoms with Gasteiger partial charge in [0.1, 0.15) is 18.8 Å². The quantitative estimate of drug-likeness (QED) is 0.556. The van der Waals surface area contributed by atoms with Crippen molar-refractivity contribution in [3.05, 3.63) is 48.7 Å². The Bertz CT molecular complexity index is 941. The average Bonchev–Trinajstić information content (AvgIpc) is 3.27. The third-order valence-electron chi connectivity index (χ3n) is 4.75. The Morgan fingerprint density at radius 1 is 1.14 bits per heavy atom. The maximum absolute atomic E-state index is 12.7. The number of piperazine rings is 1. The summed E-state index contributed by atoms with van der Waals surface area (Å²) >= 11 is 1.34. The van der Waals surface area contributed by atoms with E-state index in [1.807, 2.05) is 53.6 Å². The number of tetrazole rings is 1. The lowest BCUT2D eigenvalue weighted by Crippen LogP contribution is -2.50. The number of rotatable bonds is 6. The lowest BCUT2D eigenvalue weighted by Gasteiger charge is -2.30. The number of hydrogen-bond acceptors (Lipinski definition) is 7. The van der Waals surface area contributed by atoms with Crippen LogP contribution in [0, 0.1) is 0 Å². The molecule has 0 saturated carbocycles. The van der Waals surface area contributed by atoms with E-state index in [9.17, 15) is 4.79 Å². The SMILES string of the molecule is COc1ccc(-n2nnnc2SCC(=O)N2CCN(c3cccc[nH+]3)CC2)cc1. The molecule has 0 unspecified atom stereocenters. The van der Waals surface area contributed by atoms with Crippen LogP contribution in [-0.2, 0) is 4.79 Å². The van der Waals surface area contributed by atoms with Crippen LogP contribution in [0.1, 0.15) is 0 Å². The van der Waals surface area contributed by atoms with Crippen molar-refractivity contribution < 1.29 is 14.5 Å². The Morgan fingerprint density at radius 2 is 1.93 bits per heavy atom. The third-order valence-corrected chi connectivity index (χ3v) is 5.65. The molecule has 1 N–H and O–H groups in total. The normalized spacial score (nSPS) is 14.1. The van der Waals surface area contributed by atoms with Gasteiger partial charge >= 0.3 is 0 Å². The van der Waals surface area contributed by atoms with Crippen molar-refractivity contribution in [2.75, 3.05) is 43.9 Å². The van der Waals surface area contributed by atoms with Gasteiger partial charge in [0.05, 0.1) is 37.8 Å². The van der Waals surface area contributed by atoms with Gasteiger partial charge in [0.2, 0.25) is 11.1 Å². The van der Waals surface area contributed by atoms with Gasteiger partial charge in [0.25, 0.3) is 5.82 Å². The maximum atomic E-state index is 12.7. The van der Waals surface area contributed by atoms with Crippen LogP contribution in [0.3, 0.4) is 0 Å². The van der Waals surface area contributed by atoms with E-state index in [4.69, 9.17) is 4.74 Å². The van der Waals surface area contributed by atoms with E-state index in [1.165, 1.54) is 11.8 Å². The van der Waals surface area contributed by atoms with Gasteiger partial charge in [-0.2, -0.15) is 4.68 Å². The van der Waals surface area contributed by atoms with Gasteiger partial charge in [-0.1, -0.05) is 17.8 Å². The van der Waals surface area contributed by atoms with Crippen LogP contribution >= 0.6 is 11.8 Å². The molecular weight excluding hydrogens is 390 g/mol. The molecule has 0 atom stereocenters. The van der Waals surface area contributed by atoms with E-state index < -0.39 is 0 Å². The largest absolute Gasteiger partial charge is 0.497 e. The summed E-state index contributed by atoms with van der Waals surface area (Å²) in [7, 11) is 1.62. The number of thioether (sulfide) groups is 1. The fourth-order valence-electron chi connectivity index (χ4n) is 3.15. The van der Waals surface area contributed by atoms with Crippen LogP contribution < -0.4 is 14.6 Å². The van der Waals surface area contributed by atoms with Crippen LogP contribution in [0.15, 0.2) is 53.8 Å². The number of H-pyrrole nitrogens is 1. The molecule has 1 saturated heterocycles. The van der Waals surface area contributed by atoms with Crippen LogP contribution in [0.4, 0.5) is 5.82 Å². The van der Waals surface area contributed by atoms with Crippen LogP contribution in [0.5, 0.6) is 5.75 Å². The first-order chi connectivity index (χ1) is 14.2. The number of aromatic nitrogens is 5. The number of ether oxygens (including phenoxy) is 1. The monoisotopic (exact) mass is 412 g/mol. The predicted molar refractivity (Wildman–Crippen MR) is 108 cm³/mol. The van der Waals surface area contributed by atoms with Gasteiger partial charge in [-0.15, -0.1) is 5.10 Å². The maximum Gasteiger partial charge on any atom is 0.274 e. The number of hydrogen-bond donors (Lipinski definition) is 0. The van der Waals surface area contributed by atoms with Crippen LogP contribution in [-0.4, -0.2) is 70.1 Å². The number of nitrogens with one attached hydrogen (secondary N) is 1. The molecule has 29 heavy (non-hydrogen) atoms. The number of pyridine rings is 1. The molecule has 150 valence electrons. The van der Waals surface area contributed by atoms with Crippen LogP contribution in [0.2, 0.25) is 0 Å². The van der Waals surface area contributed by atoms with Crippen molar-refractivity contribution in [2.45, 2.75) is 5.16 Å². The summed E-state index contributed by atoms with van der Waals surface area (Å²) in [5.74, 6) is 2.23. The van der Waals surface area contributed by atoms with Gasteiger partial charge in [-0.05, 0) is 40.8 Å². The van der Waals surface area contributed by atoms with E-state index in [1.54, 1.807) is 11.8 Å². The Hall–Kier alpha value is -3.14. The van der Waals surface area contributed by atoms with E-state index >= 15 is 0 Å². The highest BCUT2D eigenvalue weighted by molar-refractivity contribution is 7.99. The van der Waals surface area contributed by atoms with Gasteiger partial charge in [0.15, 0.2) is 0 Å². The van der Waals surface area contributed by atoms with Crippen molar-refractivity contribution in [2.24, 2.45) is 0 Å². The van der Waals surface area contributed by atoms with Gasteiger partial charge < -0.3 is 9.64 Å². The number of methoxy groups -OCH3 is 1. The Labute approximate surface area is 172 Å². The molecule has 0 spiro atoms. The molecule has 1 fully saturated rings. The summed E-state index contributed by atoms with van der Waals surface area (Å²) in [6.45, 7) is 3.01. The zero-order valence-corrected chi connectivity index (χ0v) is 16.9. The topological polar surface area (TPSA) is 90.5 Å². The summed E-state index contributed by atoms with van der Waals surface area (Å²) in [5, 5.41) is 12.4. The minimum Gasteiger partial charge on any atom is -0.497 e. The van der Waals surface area contributed by atoms with Crippen molar-refractivity contribution in [1.29, 1.82) is 0 Å². The molecule has 3 heterocycles. The first kappa shape index (κ1) is 19.2. The molecular formula is C19H22N7O2S+. The highest BCUT2D eigenvalue weighted by Crippen LogP contribution is 2.21. The Kier molecular flexibility index (Phi) is 5.89. The molecule has 1 amide bonds. The molecule has 1 aliphatic heterocycles. The zero-order chi connectivity index (χ0) is 20.1. The number of amides is 1. The molecule has 10 heteroatoms. The molecule has 0 aliphatic carbocycles. The highest BCUT2D eigenvalue weighted by atomic mass is 32.2. The average molecular weight is 412 g/mol. The van der Waals surface area contributed by atoms with Crippen molar-refractivity contribution in [3.8, 4) is 11.4 Å². The third kappa shape index (κ3) is 4.48. The number of anilines is 1. The second kappa shape index (κ2) is 8.91. The van der Waals surface area contributed by atoms with E-state index in [2.05, 4.69) is 25.4 Å². The van der Waals surface area contributed by atoms with Crippen molar-refractivity contribution in [3.63, 3.8) is 0 Å². The molecule has 9 nitrogen and oxygen atoms in total.